The summed E-state index contributed by atoms with van der Waals surface area (Å²) in [6.45, 7) is 6.72. The van der Waals surface area contributed by atoms with E-state index in [-0.39, 0.29) is 29.4 Å². The third-order valence-electron chi connectivity index (χ3n) is 9.23. The lowest BCUT2D eigenvalue weighted by Gasteiger charge is -2.31. The molecule has 2 aliphatic heterocycles. The van der Waals surface area contributed by atoms with Crippen molar-refractivity contribution < 1.29 is 33.3 Å². The molecule has 2 heterocycles. The first kappa shape index (κ1) is 24.9. The summed E-state index contributed by atoms with van der Waals surface area (Å²) in [5.74, 6) is 1.71. The predicted octanol–water partition coefficient (Wildman–Crippen LogP) is 4.21. The third kappa shape index (κ3) is 3.86. The first-order valence-electron chi connectivity index (χ1n) is 13.6. The Kier molecular flexibility index (Phi) is 7.04. The quantitative estimate of drug-likeness (QED) is 0.388. The lowest BCUT2D eigenvalue weighted by Crippen LogP contribution is -3.00. The van der Waals surface area contributed by atoms with Crippen molar-refractivity contribution in [2.75, 3.05) is 25.1 Å². The number of hydrogen-bond donors (Lipinski definition) is 0. The van der Waals surface area contributed by atoms with Crippen molar-refractivity contribution in [2.24, 2.45) is 0 Å². The number of hydrogen-bond acceptors (Lipinski definition) is 2. The molecule has 35 heavy (non-hydrogen) atoms. The minimum Gasteiger partial charge on any atom is -1.00 e. The van der Waals surface area contributed by atoms with Crippen molar-refractivity contribution in [3.8, 4) is 5.75 Å². The summed E-state index contributed by atoms with van der Waals surface area (Å²) >= 11 is 0. The maximum atomic E-state index is 5.65. The molecule has 0 amide bonds. The SMILES string of the molecule is CCN1c2ccc(/C=C/C3=[N+](CC)c4ccc(OC)cc4C34CCCCC4)cc2C2CCCC21.[I-]. The molecule has 0 radical (unpaired) electrons. The molecule has 0 bridgehead atoms. The van der Waals surface area contributed by atoms with E-state index < -0.39 is 0 Å². The number of benzene rings is 2. The molecular weight excluding hydrogens is 543 g/mol. The molecule has 4 heteroatoms. The van der Waals surface area contributed by atoms with Gasteiger partial charge >= 0.3 is 0 Å². The number of likely N-dealkylation sites (N-methyl/N-ethyl adjacent to an activating group) is 1. The highest BCUT2D eigenvalue weighted by Gasteiger charge is 2.51. The van der Waals surface area contributed by atoms with Gasteiger partial charge in [-0.2, -0.15) is 4.58 Å². The van der Waals surface area contributed by atoms with Gasteiger partial charge in [0.2, 0.25) is 5.69 Å². The average molecular weight is 583 g/mol. The molecule has 2 fully saturated rings. The van der Waals surface area contributed by atoms with Crippen LogP contribution >= 0.6 is 0 Å². The van der Waals surface area contributed by atoms with Crippen LogP contribution < -0.4 is 33.6 Å². The second-order valence-electron chi connectivity index (χ2n) is 10.7. The van der Waals surface area contributed by atoms with E-state index in [2.05, 4.69) is 71.9 Å². The van der Waals surface area contributed by atoms with Crippen LogP contribution in [0.4, 0.5) is 11.4 Å². The minimum atomic E-state index is 0. The highest BCUT2D eigenvalue weighted by atomic mass is 127. The van der Waals surface area contributed by atoms with Crippen LogP contribution in [0.3, 0.4) is 0 Å². The molecule has 1 spiro atoms. The van der Waals surface area contributed by atoms with Crippen LogP contribution in [0.15, 0.2) is 42.5 Å². The predicted molar refractivity (Wildman–Crippen MR) is 142 cm³/mol. The van der Waals surface area contributed by atoms with Gasteiger partial charge in [-0.25, -0.2) is 0 Å². The number of nitrogens with zero attached hydrogens (tertiary/aromatic N) is 2. The van der Waals surface area contributed by atoms with Crippen molar-refractivity contribution >= 4 is 23.2 Å². The molecule has 0 N–H and O–H groups in total. The van der Waals surface area contributed by atoms with E-state index in [9.17, 15) is 0 Å². The van der Waals surface area contributed by atoms with Gasteiger partial charge in [-0.1, -0.05) is 31.7 Å². The Hall–Kier alpha value is -1.82. The standard InChI is InChI=1S/C31H39N2O.HI/c1-4-32-27-11-9-10-24(27)25-20-22(12-15-28(25)32)13-17-30-31(18-7-6-8-19-31)26-21-23(34-3)14-16-29(26)33(30)5-2;/h12-17,20-21,24,27H,4-11,18-19H2,1-3H3;1H/q+1;/p-1. The first-order valence-corrected chi connectivity index (χ1v) is 13.6. The molecule has 2 saturated carbocycles. The molecule has 186 valence electrons. The molecule has 6 rings (SSSR count). The molecule has 3 nitrogen and oxygen atoms in total. The molecule has 2 unspecified atom stereocenters. The summed E-state index contributed by atoms with van der Waals surface area (Å²) < 4.78 is 8.22. The Bertz CT molecular complexity index is 1160. The topological polar surface area (TPSA) is 15.5 Å². The van der Waals surface area contributed by atoms with Gasteiger partial charge < -0.3 is 33.6 Å². The first-order chi connectivity index (χ1) is 16.7. The van der Waals surface area contributed by atoms with E-state index in [4.69, 9.17) is 4.74 Å². The molecule has 2 aliphatic carbocycles. The number of halogens is 1. The van der Waals surface area contributed by atoms with Gasteiger partial charge in [-0.3, -0.25) is 0 Å². The summed E-state index contributed by atoms with van der Waals surface area (Å²) in [6, 6.07) is 14.7. The zero-order valence-electron chi connectivity index (χ0n) is 21.5. The van der Waals surface area contributed by atoms with E-state index >= 15 is 0 Å². The van der Waals surface area contributed by atoms with Crippen LogP contribution in [0.5, 0.6) is 5.75 Å². The fourth-order valence-electron chi connectivity index (χ4n) is 7.73. The second-order valence-corrected chi connectivity index (χ2v) is 10.7. The van der Waals surface area contributed by atoms with Crippen LogP contribution in [0.1, 0.15) is 87.8 Å². The maximum absolute atomic E-state index is 5.65. The van der Waals surface area contributed by atoms with E-state index in [1.807, 2.05) is 0 Å². The molecule has 2 aromatic rings. The molecular formula is C31H39IN2O. The number of rotatable bonds is 5. The highest BCUT2D eigenvalue weighted by Crippen LogP contribution is 2.51. The van der Waals surface area contributed by atoms with Gasteiger partial charge in [0.15, 0.2) is 5.71 Å². The van der Waals surface area contributed by atoms with E-state index in [0.717, 1.165) is 30.8 Å². The Balaban J connectivity index is 0.00000253. The zero-order valence-corrected chi connectivity index (χ0v) is 23.7. The molecule has 2 atom stereocenters. The summed E-state index contributed by atoms with van der Waals surface area (Å²) in [4.78, 5) is 2.66. The van der Waals surface area contributed by atoms with Crippen LogP contribution in [-0.4, -0.2) is 36.5 Å². The molecule has 2 aromatic carbocycles. The number of methoxy groups -OCH3 is 1. The fourth-order valence-corrected chi connectivity index (χ4v) is 7.73. The fraction of sp³-hybridized carbons (Fsp3) is 0.516. The number of allylic oxidation sites excluding steroid dienone is 1. The van der Waals surface area contributed by atoms with Crippen LogP contribution in [0.2, 0.25) is 0 Å². The second kappa shape index (κ2) is 9.91. The lowest BCUT2D eigenvalue weighted by molar-refractivity contribution is -0.433. The zero-order chi connectivity index (χ0) is 23.3. The van der Waals surface area contributed by atoms with Crippen molar-refractivity contribution in [2.45, 2.75) is 82.6 Å². The summed E-state index contributed by atoms with van der Waals surface area (Å²) in [5.41, 5.74) is 8.91. The molecule has 0 aromatic heterocycles. The lowest BCUT2D eigenvalue weighted by atomic mass is 9.67. The van der Waals surface area contributed by atoms with Gasteiger partial charge in [0.05, 0.1) is 12.5 Å². The van der Waals surface area contributed by atoms with Gasteiger partial charge in [0.1, 0.15) is 12.3 Å². The van der Waals surface area contributed by atoms with E-state index in [0.29, 0.717) is 0 Å². The monoisotopic (exact) mass is 582 g/mol. The summed E-state index contributed by atoms with van der Waals surface area (Å²) in [5, 5.41) is 0. The van der Waals surface area contributed by atoms with Gasteiger partial charge in [0, 0.05) is 41.9 Å². The van der Waals surface area contributed by atoms with Gasteiger partial charge in [-0.05, 0) is 81.0 Å². The minimum absolute atomic E-state index is 0. The Morgan fingerprint density at radius 3 is 2.57 bits per heavy atom. The molecule has 0 saturated heterocycles. The van der Waals surface area contributed by atoms with Crippen molar-refractivity contribution in [3.63, 3.8) is 0 Å². The van der Waals surface area contributed by atoms with Gasteiger partial charge in [-0.15, -0.1) is 0 Å². The Morgan fingerprint density at radius 1 is 1.00 bits per heavy atom. The third-order valence-corrected chi connectivity index (χ3v) is 9.23. The average Bonchev–Trinajstić information content (AvgIpc) is 3.53. The Labute approximate surface area is 228 Å². The van der Waals surface area contributed by atoms with Crippen molar-refractivity contribution in [1.29, 1.82) is 0 Å². The van der Waals surface area contributed by atoms with E-state index in [1.165, 1.54) is 79.6 Å². The van der Waals surface area contributed by atoms with Crippen LogP contribution in [0.25, 0.3) is 6.08 Å². The smallest absolute Gasteiger partial charge is 0.210 e. The van der Waals surface area contributed by atoms with Gasteiger partial charge in [0.25, 0.3) is 0 Å². The van der Waals surface area contributed by atoms with Crippen molar-refractivity contribution in [3.05, 3.63) is 59.2 Å². The van der Waals surface area contributed by atoms with Crippen LogP contribution in [0, 0.1) is 0 Å². The largest absolute Gasteiger partial charge is 1.00 e. The molecule has 4 aliphatic rings. The summed E-state index contributed by atoms with van der Waals surface area (Å²) in [7, 11) is 1.79. The van der Waals surface area contributed by atoms with E-state index in [1.54, 1.807) is 12.7 Å². The normalized spacial score (nSPS) is 24.0. The van der Waals surface area contributed by atoms with Crippen LogP contribution in [-0.2, 0) is 5.41 Å². The number of fused-ring (bicyclic) bond motifs is 5. The number of ether oxygens (including phenoxy) is 1. The highest BCUT2D eigenvalue weighted by molar-refractivity contribution is 6.06. The summed E-state index contributed by atoms with van der Waals surface area (Å²) in [6.07, 6.45) is 15.4. The maximum Gasteiger partial charge on any atom is 0.210 e. The van der Waals surface area contributed by atoms with Crippen molar-refractivity contribution in [1.82, 2.24) is 0 Å². The Morgan fingerprint density at radius 2 is 1.83 bits per heavy atom. The number of anilines is 1.